The molecule has 5 rings (SSSR count). The van der Waals surface area contributed by atoms with E-state index in [2.05, 4.69) is 22.4 Å². The van der Waals surface area contributed by atoms with Gasteiger partial charge < -0.3 is 10.8 Å². The van der Waals surface area contributed by atoms with Gasteiger partial charge in [0.1, 0.15) is 0 Å². The maximum absolute atomic E-state index is 11.4. The van der Waals surface area contributed by atoms with Crippen LogP contribution in [0.2, 0.25) is 0 Å². The Balaban J connectivity index is 1.82. The van der Waals surface area contributed by atoms with E-state index in [9.17, 15) is 5.11 Å². The summed E-state index contributed by atoms with van der Waals surface area (Å²) in [7, 11) is 0. The second-order valence-corrected chi connectivity index (χ2v) is 7.58. The molecule has 3 N–H and O–H groups in total. The van der Waals surface area contributed by atoms with E-state index in [1.807, 2.05) is 77.8 Å². The van der Waals surface area contributed by atoms with Gasteiger partial charge in [0.15, 0.2) is 5.69 Å². The number of aromatic nitrogens is 1. The van der Waals surface area contributed by atoms with Crippen LogP contribution in [0.1, 0.15) is 11.1 Å². The highest BCUT2D eigenvalue weighted by Crippen LogP contribution is 2.50. The summed E-state index contributed by atoms with van der Waals surface area (Å²) in [6.07, 6.45) is 0.634. The maximum atomic E-state index is 11.4. The molecule has 0 spiro atoms. The predicted octanol–water partition coefficient (Wildman–Crippen LogP) is 5.69. The number of aromatic hydroxyl groups is 1. The molecule has 6 nitrogen and oxygen atoms in total. The third-order valence-corrected chi connectivity index (χ3v) is 5.37. The average Bonchev–Trinajstić information content (AvgIpc) is 3.28. The number of fused-ring (bicyclic) bond motifs is 3. The van der Waals surface area contributed by atoms with Gasteiger partial charge in [0, 0.05) is 17.5 Å². The number of benzene rings is 3. The van der Waals surface area contributed by atoms with E-state index in [0.29, 0.717) is 12.1 Å². The first-order chi connectivity index (χ1) is 15.1. The molecule has 0 atom stereocenters. The Morgan fingerprint density at radius 3 is 2.10 bits per heavy atom. The molecule has 1 heterocycles. The Hall–Kier alpha value is -3.97. The highest BCUT2D eigenvalue weighted by molar-refractivity contribution is 7.80. The fourth-order valence-electron chi connectivity index (χ4n) is 4.04. The van der Waals surface area contributed by atoms with Crippen LogP contribution < -0.4 is 10.7 Å². The van der Waals surface area contributed by atoms with Gasteiger partial charge in [0.2, 0.25) is 11.0 Å². The smallest absolute Gasteiger partial charge is 0.240 e. The average molecular weight is 426 g/mol. The van der Waals surface area contributed by atoms with Gasteiger partial charge in [-0.15, -0.1) is 10.2 Å². The van der Waals surface area contributed by atoms with Crippen LogP contribution in [0.4, 0.5) is 17.1 Å². The standard InChI is InChI=1S/C24H19N5OS/c25-24(31)27-26-21-20-15-16-9-7-8-14-19(16)22(20)29(23(21)30)28(17-10-3-1-4-11-17)18-12-5-2-6-13-18/h1-14,30H,15H2,(H2,25,31). The number of nitrogens with two attached hydrogens (primary N) is 1. The van der Waals surface area contributed by atoms with Crippen molar-refractivity contribution in [3.8, 4) is 17.1 Å². The van der Waals surface area contributed by atoms with E-state index in [1.54, 1.807) is 4.68 Å². The lowest BCUT2D eigenvalue weighted by atomic mass is 10.1. The molecule has 0 amide bonds. The molecule has 0 fully saturated rings. The molecule has 152 valence electrons. The predicted molar refractivity (Wildman–Crippen MR) is 126 cm³/mol. The van der Waals surface area contributed by atoms with Crippen molar-refractivity contribution in [1.82, 2.24) is 4.68 Å². The van der Waals surface area contributed by atoms with Gasteiger partial charge in [0.05, 0.1) is 17.1 Å². The van der Waals surface area contributed by atoms with Gasteiger partial charge in [-0.3, -0.25) is 0 Å². The van der Waals surface area contributed by atoms with E-state index in [-0.39, 0.29) is 11.0 Å². The van der Waals surface area contributed by atoms with Crippen molar-refractivity contribution >= 4 is 34.4 Å². The van der Waals surface area contributed by atoms with Crippen LogP contribution in [0, 0.1) is 0 Å². The van der Waals surface area contributed by atoms with Gasteiger partial charge in [0.25, 0.3) is 0 Å². The summed E-state index contributed by atoms with van der Waals surface area (Å²) >= 11 is 4.87. The molecule has 3 aromatic carbocycles. The Kier molecular flexibility index (Phi) is 4.72. The minimum atomic E-state index is -0.0839. The van der Waals surface area contributed by atoms with E-state index < -0.39 is 0 Å². The molecule has 0 saturated carbocycles. The van der Waals surface area contributed by atoms with E-state index >= 15 is 0 Å². The van der Waals surface area contributed by atoms with Crippen LogP contribution >= 0.6 is 12.2 Å². The van der Waals surface area contributed by atoms with Crippen molar-refractivity contribution in [1.29, 1.82) is 0 Å². The normalized spacial score (nSPS) is 12.0. The molecule has 0 bridgehead atoms. The largest absolute Gasteiger partial charge is 0.492 e. The minimum absolute atomic E-state index is 0.0211. The van der Waals surface area contributed by atoms with Gasteiger partial charge in [-0.2, -0.15) is 0 Å². The van der Waals surface area contributed by atoms with Gasteiger partial charge in [-0.1, -0.05) is 60.7 Å². The number of rotatable bonds is 4. The Bertz CT molecular complexity index is 1260. The molecule has 1 aromatic heterocycles. The van der Waals surface area contributed by atoms with Crippen LogP contribution in [-0.2, 0) is 6.42 Å². The molecule has 7 heteroatoms. The lowest BCUT2D eigenvalue weighted by Crippen LogP contribution is -2.24. The van der Waals surface area contributed by atoms with Gasteiger partial charge >= 0.3 is 0 Å². The van der Waals surface area contributed by atoms with Crippen molar-refractivity contribution in [3.05, 3.63) is 96.1 Å². The fourth-order valence-corrected chi connectivity index (χ4v) is 4.08. The van der Waals surface area contributed by atoms with Crippen molar-refractivity contribution < 1.29 is 5.11 Å². The zero-order valence-corrected chi connectivity index (χ0v) is 17.3. The lowest BCUT2D eigenvalue weighted by Gasteiger charge is -2.28. The zero-order chi connectivity index (χ0) is 21.4. The SMILES string of the molecule is NC(=S)N=Nc1c2c(n(N(c3ccccc3)c3ccccc3)c1O)-c1ccccc1C2. The maximum Gasteiger partial charge on any atom is 0.240 e. The van der Waals surface area contributed by atoms with E-state index in [1.165, 1.54) is 0 Å². The highest BCUT2D eigenvalue weighted by atomic mass is 32.1. The summed E-state index contributed by atoms with van der Waals surface area (Å²) in [6.45, 7) is 0. The molecule has 31 heavy (non-hydrogen) atoms. The number of thiocarbonyl (C=S) groups is 1. The first-order valence-corrected chi connectivity index (χ1v) is 10.2. The van der Waals surface area contributed by atoms with E-state index in [0.717, 1.165) is 33.8 Å². The van der Waals surface area contributed by atoms with Crippen LogP contribution in [0.3, 0.4) is 0 Å². The Morgan fingerprint density at radius 1 is 0.903 bits per heavy atom. The molecule has 0 saturated heterocycles. The summed E-state index contributed by atoms with van der Waals surface area (Å²) in [4.78, 5) is 0. The number of azo groups is 1. The lowest BCUT2D eigenvalue weighted by molar-refractivity contribution is 0.429. The van der Waals surface area contributed by atoms with Gasteiger partial charge in [-0.05, 0) is 42.0 Å². The number of anilines is 2. The van der Waals surface area contributed by atoms with Crippen LogP contribution in [0.15, 0.2) is 95.2 Å². The summed E-state index contributed by atoms with van der Waals surface area (Å²) < 4.78 is 1.79. The first kappa shape index (κ1) is 19.0. The zero-order valence-electron chi connectivity index (χ0n) is 16.5. The van der Waals surface area contributed by atoms with Crippen LogP contribution in [0.5, 0.6) is 5.88 Å². The molecule has 0 unspecified atom stereocenters. The van der Waals surface area contributed by atoms with E-state index in [4.69, 9.17) is 18.0 Å². The van der Waals surface area contributed by atoms with Crippen LogP contribution in [-0.4, -0.2) is 14.9 Å². The summed E-state index contributed by atoms with van der Waals surface area (Å²) in [6, 6.07) is 27.9. The quantitative estimate of drug-likeness (QED) is 0.286. The molecular weight excluding hydrogens is 406 g/mol. The molecular formula is C24H19N5OS. The number of hydrogen-bond acceptors (Lipinski definition) is 4. The van der Waals surface area contributed by atoms with Crippen molar-refractivity contribution in [2.45, 2.75) is 6.42 Å². The highest BCUT2D eigenvalue weighted by Gasteiger charge is 2.33. The molecule has 1 aliphatic rings. The van der Waals surface area contributed by atoms with Crippen molar-refractivity contribution in [3.63, 3.8) is 0 Å². The van der Waals surface area contributed by atoms with Crippen molar-refractivity contribution in [2.24, 2.45) is 16.0 Å². The second-order valence-electron chi connectivity index (χ2n) is 7.17. The molecule has 1 aliphatic carbocycles. The number of para-hydroxylation sites is 2. The summed E-state index contributed by atoms with van der Waals surface area (Å²) in [5.74, 6) is -0.0211. The van der Waals surface area contributed by atoms with Crippen molar-refractivity contribution in [2.75, 3.05) is 5.01 Å². The molecule has 0 radical (unpaired) electrons. The fraction of sp³-hybridized carbons (Fsp3) is 0.0417. The number of hydrogen-bond donors (Lipinski definition) is 2. The summed E-state index contributed by atoms with van der Waals surface area (Å²) in [5, 5.41) is 21.3. The first-order valence-electron chi connectivity index (χ1n) is 9.81. The number of nitrogens with zero attached hydrogens (tertiary/aromatic N) is 4. The molecule has 4 aromatic rings. The Morgan fingerprint density at radius 2 is 1.48 bits per heavy atom. The summed E-state index contributed by atoms with van der Waals surface area (Å²) in [5.41, 5.74) is 11.7. The Labute approximate surface area is 184 Å². The van der Waals surface area contributed by atoms with Crippen LogP contribution in [0.25, 0.3) is 11.3 Å². The monoisotopic (exact) mass is 425 g/mol. The third-order valence-electron chi connectivity index (χ3n) is 5.29. The van der Waals surface area contributed by atoms with Gasteiger partial charge in [-0.25, -0.2) is 9.69 Å². The topological polar surface area (TPSA) is 79.1 Å². The third kappa shape index (κ3) is 3.25. The minimum Gasteiger partial charge on any atom is -0.492 e. The molecule has 0 aliphatic heterocycles. The second kappa shape index (κ2) is 7.70.